The first kappa shape index (κ1) is 17.5. The van der Waals surface area contributed by atoms with E-state index in [0.717, 1.165) is 4.47 Å². The number of hydrogen-bond acceptors (Lipinski definition) is 6. The van der Waals surface area contributed by atoms with Gasteiger partial charge in [-0.1, -0.05) is 15.9 Å². The van der Waals surface area contributed by atoms with Crippen LogP contribution in [0.2, 0.25) is 0 Å². The van der Waals surface area contributed by atoms with Crippen molar-refractivity contribution in [1.29, 1.82) is 0 Å². The lowest BCUT2D eigenvalue weighted by molar-refractivity contribution is -0.163. The van der Waals surface area contributed by atoms with Gasteiger partial charge < -0.3 is 14.2 Å². The monoisotopic (exact) mass is 384 g/mol. The van der Waals surface area contributed by atoms with Crippen LogP contribution in [-0.2, 0) is 23.9 Å². The summed E-state index contributed by atoms with van der Waals surface area (Å²) in [7, 11) is 2.45. The second kappa shape index (κ2) is 6.31. The maximum Gasteiger partial charge on any atom is 0.326 e. The molecule has 0 fully saturated rings. The number of ether oxygens (including phenoxy) is 3. The lowest BCUT2D eigenvalue weighted by atomic mass is 9.67. The first-order chi connectivity index (χ1) is 10.7. The Hall–Kier alpha value is -1.89. The maximum atomic E-state index is 12.3. The summed E-state index contributed by atoms with van der Waals surface area (Å²) in [6.45, 7) is 3.26. The fourth-order valence-electron chi connectivity index (χ4n) is 2.90. The number of fused-ring (bicyclic) bond motifs is 1. The molecule has 23 heavy (non-hydrogen) atoms. The number of halogens is 1. The molecule has 0 N–H and O–H groups in total. The van der Waals surface area contributed by atoms with Crippen LogP contribution >= 0.6 is 15.9 Å². The summed E-state index contributed by atoms with van der Waals surface area (Å²) in [5.41, 5.74) is -0.562. The molecule has 7 heteroatoms. The Labute approximate surface area is 142 Å². The Morgan fingerprint density at radius 3 is 2.43 bits per heavy atom. The third kappa shape index (κ3) is 2.97. The standard InChI is InChI=1S/C16H17BrO6/c1-16(2,15(20)22-4)12-9-7-8(17)5-6-10(9)23-14(19)11(12)13(18)21-3/h5-7,11-12H,1-4H3/t11-,12+/m1/s1. The van der Waals surface area contributed by atoms with Gasteiger partial charge in [0.1, 0.15) is 5.75 Å². The molecular formula is C16H17BrO6. The molecule has 0 amide bonds. The number of carbonyl (C=O) groups is 3. The molecule has 0 radical (unpaired) electrons. The van der Waals surface area contributed by atoms with Crippen LogP contribution in [-0.4, -0.2) is 32.1 Å². The summed E-state index contributed by atoms with van der Waals surface area (Å²) in [5, 5.41) is 0. The van der Waals surface area contributed by atoms with E-state index in [-0.39, 0.29) is 0 Å². The number of rotatable bonds is 3. The van der Waals surface area contributed by atoms with E-state index in [1.165, 1.54) is 14.2 Å². The molecule has 2 atom stereocenters. The van der Waals surface area contributed by atoms with Gasteiger partial charge >= 0.3 is 17.9 Å². The normalized spacial score (nSPS) is 20.3. The van der Waals surface area contributed by atoms with Crippen molar-refractivity contribution < 1.29 is 28.6 Å². The summed E-state index contributed by atoms with van der Waals surface area (Å²) < 4.78 is 15.6. The molecule has 0 unspecified atom stereocenters. The molecule has 0 saturated heterocycles. The number of hydrogen-bond donors (Lipinski definition) is 0. The van der Waals surface area contributed by atoms with Gasteiger partial charge in [-0.05, 0) is 32.0 Å². The fourth-order valence-corrected chi connectivity index (χ4v) is 3.28. The molecule has 1 aliphatic heterocycles. The van der Waals surface area contributed by atoms with E-state index in [1.54, 1.807) is 32.0 Å². The highest BCUT2D eigenvalue weighted by Gasteiger charge is 2.53. The van der Waals surface area contributed by atoms with Crippen LogP contribution in [0.3, 0.4) is 0 Å². The molecule has 0 aromatic heterocycles. The van der Waals surface area contributed by atoms with Crippen molar-refractivity contribution in [2.24, 2.45) is 11.3 Å². The average Bonchev–Trinajstić information content (AvgIpc) is 2.52. The number of esters is 3. The zero-order valence-corrected chi connectivity index (χ0v) is 14.8. The zero-order valence-electron chi connectivity index (χ0n) is 13.2. The van der Waals surface area contributed by atoms with Gasteiger partial charge in [0, 0.05) is 16.0 Å². The summed E-state index contributed by atoms with van der Waals surface area (Å²) in [4.78, 5) is 36.7. The van der Waals surface area contributed by atoms with Crippen LogP contribution in [0.25, 0.3) is 0 Å². The average molecular weight is 385 g/mol. The van der Waals surface area contributed by atoms with Crippen molar-refractivity contribution in [3.63, 3.8) is 0 Å². The maximum absolute atomic E-state index is 12.3. The second-order valence-corrected chi connectivity index (χ2v) is 6.71. The van der Waals surface area contributed by atoms with Gasteiger partial charge in [-0.2, -0.15) is 0 Å². The highest BCUT2D eigenvalue weighted by Crippen LogP contribution is 2.49. The minimum atomic E-state index is -1.24. The Balaban J connectivity index is 2.68. The van der Waals surface area contributed by atoms with E-state index >= 15 is 0 Å². The number of benzene rings is 1. The van der Waals surface area contributed by atoms with Crippen LogP contribution in [0.1, 0.15) is 25.3 Å². The van der Waals surface area contributed by atoms with Crippen LogP contribution in [0.4, 0.5) is 0 Å². The van der Waals surface area contributed by atoms with Crippen molar-refractivity contribution in [3.8, 4) is 5.75 Å². The molecule has 0 bridgehead atoms. The minimum absolute atomic E-state index is 0.320. The molecule has 1 heterocycles. The summed E-state index contributed by atoms with van der Waals surface area (Å²) >= 11 is 3.36. The molecule has 0 spiro atoms. The van der Waals surface area contributed by atoms with E-state index in [0.29, 0.717) is 11.3 Å². The molecule has 6 nitrogen and oxygen atoms in total. The molecule has 0 aliphatic carbocycles. The molecular weight excluding hydrogens is 368 g/mol. The van der Waals surface area contributed by atoms with Crippen molar-refractivity contribution in [1.82, 2.24) is 0 Å². The third-order valence-corrected chi connectivity index (χ3v) is 4.54. The number of methoxy groups -OCH3 is 2. The van der Waals surface area contributed by atoms with Crippen LogP contribution in [0.5, 0.6) is 5.75 Å². The van der Waals surface area contributed by atoms with E-state index in [9.17, 15) is 14.4 Å². The minimum Gasteiger partial charge on any atom is -0.469 e. The fraction of sp³-hybridized carbons (Fsp3) is 0.438. The topological polar surface area (TPSA) is 78.9 Å². The van der Waals surface area contributed by atoms with Gasteiger partial charge in [-0.3, -0.25) is 14.4 Å². The smallest absolute Gasteiger partial charge is 0.326 e. The van der Waals surface area contributed by atoms with Gasteiger partial charge in [0.15, 0.2) is 5.92 Å². The van der Waals surface area contributed by atoms with Crippen molar-refractivity contribution in [2.45, 2.75) is 19.8 Å². The van der Waals surface area contributed by atoms with Crippen LogP contribution in [0, 0.1) is 11.3 Å². The Bertz CT molecular complexity index is 667. The predicted molar refractivity (Wildman–Crippen MR) is 83.8 cm³/mol. The van der Waals surface area contributed by atoms with Crippen molar-refractivity contribution >= 4 is 33.8 Å². The van der Waals surface area contributed by atoms with Crippen molar-refractivity contribution in [2.75, 3.05) is 14.2 Å². The second-order valence-electron chi connectivity index (χ2n) is 5.80. The zero-order chi connectivity index (χ0) is 17.4. The highest BCUT2D eigenvalue weighted by molar-refractivity contribution is 9.10. The lowest BCUT2D eigenvalue weighted by Crippen LogP contribution is -2.46. The molecule has 1 aromatic carbocycles. The molecule has 0 saturated carbocycles. The van der Waals surface area contributed by atoms with Gasteiger partial charge in [0.2, 0.25) is 0 Å². The number of carbonyl (C=O) groups excluding carboxylic acids is 3. The summed E-state index contributed by atoms with van der Waals surface area (Å²) in [5.74, 6) is -3.71. The summed E-state index contributed by atoms with van der Waals surface area (Å²) in [6, 6.07) is 5.06. The Kier molecular flexibility index (Phi) is 4.79. The Morgan fingerprint density at radius 2 is 1.87 bits per heavy atom. The first-order valence-electron chi connectivity index (χ1n) is 6.91. The quantitative estimate of drug-likeness (QED) is 0.452. The van der Waals surface area contributed by atoms with Gasteiger partial charge in [0.05, 0.1) is 19.6 Å². The van der Waals surface area contributed by atoms with E-state index in [2.05, 4.69) is 15.9 Å². The van der Waals surface area contributed by atoms with Gasteiger partial charge in [-0.25, -0.2) is 0 Å². The van der Waals surface area contributed by atoms with Crippen LogP contribution < -0.4 is 4.74 Å². The molecule has 1 aromatic rings. The first-order valence-corrected chi connectivity index (χ1v) is 7.70. The van der Waals surface area contributed by atoms with E-state index in [1.807, 2.05) is 0 Å². The van der Waals surface area contributed by atoms with Crippen LogP contribution in [0.15, 0.2) is 22.7 Å². The van der Waals surface area contributed by atoms with Gasteiger partial charge in [-0.15, -0.1) is 0 Å². The summed E-state index contributed by atoms with van der Waals surface area (Å²) in [6.07, 6.45) is 0. The highest BCUT2D eigenvalue weighted by atomic mass is 79.9. The van der Waals surface area contributed by atoms with Crippen molar-refractivity contribution in [3.05, 3.63) is 28.2 Å². The largest absolute Gasteiger partial charge is 0.469 e. The molecule has 124 valence electrons. The molecule has 2 rings (SSSR count). The van der Waals surface area contributed by atoms with E-state index < -0.39 is 35.2 Å². The van der Waals surface area contributed by atoms with Gasteiger partial charge in [0.25, 0.3) is 0 Å². The molecule has 1 aliphatic rings. The van der Waals surface area contributed by atoms with E-state index in [4.69, 9.17) is 14.2 Å². The third-order valence-electron chi connectivity index (χ3n) is 4.05. The predicted octanol–water partition coefficient (Wildman–Crippen LogP) is 2.44. The SMILES string of the molecule is COC(=O)[C@@H]1C(=O)Oc2ccc(Br)cc2[C@@H]1C(C)(C)C(=O)OC. The lowest BCUT2D eigenvalue weighted by Gasteiger charge is -2.38. The Morgan fingerprint density at radius 1 is 1.22 bits per heavy atom.